The molecule has 17 heavy (non-hydrogen) atoms. The van der Waals surface area contributed by atoms with Crippen molar-refractivity contribution in [2.75, 3.05) is 5.75 Å². The van der Waals surface area contributed by atoms with Crippen molar-refractivity contribution in [2.45, 2.75) is 36.7 Å². The second kappa shape index (κ2) is 3.89. The molecule has 3 unspecified atom stereocenters. The zero-order valence-electron chi connectivity index (χ0n) is 9.78. The topological polar surface area (TPSA) is 35.2 Å². The highest BCUT2D eigenvalue weighted by molar-refractivity contribution is 8.00. The molecule has 1 saturated heterocycles. The number of rotatable bonds is 0. The van der Waals surface area contributed by atoms with Gasteiger partial charge in [-0.3, -0.25) is 0 Å². The first-order valence-corrected chi connectivity index (χ1v) is 6.98. The van der Waals surface area contributed by atoms with Crippen molar-refractivity contribution in [2.24, 2.45) is 5.73 Å². The number of fused-ring (bicyclic) bond motifs is 1. The van der Waals surface area contributed by atoms with E-state index in [0.29, 0.717) is 11.0 Å². The van der Waals surface area contributed by atoms with E-state index in [1.165, 1.54) is 12.1 Å². The molecule has 92 valence electrons. The van der Waals surface area contributed by atoms with Gasteiger partial charge in [0.1, 0.15) is 17.2 Å². The Hall–Kier alpha value is -0.740. The number of hydrogen-bond acceptors (Lipinski definition) is 3. The Labute approximate surface area is 105 Å². The summed E-state index contributed by atoms with van der Waals surface area (Å²) in [7, 11) is 0. The van der Waals surface area contributed by atoms with Crippen LogP contribution in [0.4, 0.5) is 4.39 Å². The van der Waals surface area contributed by atoms with Gasteiger partial charge in [-0.15, -0.1) is 0 Å². The van der Waals surface area contributed by atoms with E-state index in [1.807, 2.05) is 11.8 Å². The number of nitrogens with two attached hydrogens (primary N) is 1. The minimum absolute atomic E-state index is 0.0368. The highest BCUT2D eigenvalue weighted by Crippen LogP contribution is 2.47. The van der Waals surface area contributed by atoms with Crippen LogP contribution in [0.25, 0.3) is 0 Å². The van der Waals surface area contributed by atoms with Crippen molar-refractivity contribution in [1.82, 2.24) is 0 Å². The molecule has 4 heteroatoms. The number of halogens is 1. The largest absolute Gasteiger partial charge is 0.486 e. The molecule has 3 rings (SSSR count). The minimum atomic E-state index is -0.258. The lowest BCUT2D eigenvalue weighted by atomic mass is 9.86. The third-order valence-corrected chi connectivity index (χ3v) is 5.01. The van der Waals surface area contributed by atoms with Crippen LogP contribution in [0, 0.1) is 5.82 Å². The lowest BCUT2D eigenvalue weighted by molar-refractivity contribution is 0.0571. The number of thioether (sulfide) groups is 1. The van der Waals surface area contributed by atoms with Gasteiger partial charge in [0.15, 0.2) is 0 Å². The van der Waals surface area contributed by atoms with E-state index in [4.69, 9.17) is 10.5 Å². The molecule has 2 heterocycles. The average molecular weight is 253 g/mol. The normalized spacial score (nSPS) is 35.7. The summed E-state index contributed by atoms with van der Waals surface area (Å²) < 4.78 is 19.3. The van der Waals surface area contributed by atoms with Gasteiger partial charge < -0.3 is 10.5 Å². The van der Waals surface area contributed by atoms with Crippen molar-refractivity contribution in [3.05, 3.63) is 29.6 Å². The SMILES string of the molecule is CC1CC2(CS1)CC(N)c1ccc(F)cc1O2. The zero-order chi connectivity index (χ0) is 12.0. The Morgan fingerprint density at radius 2 is 2.29 bits per heavy atom. The maximum absolute atomic E-state index is 13.2. The Morgan fingerprint density at radius 3 is 3.00 bits per heavy atom. The van der Waals surface area contributed by atoms with E-state index in [-0.39, 0.29) is 17.5 Å². The standard InChI is InChI=1S/C13H16FNOS/c1-8-5-13(7-17-8)6-11(15)10-3-2-9(14)4-12(10)16-13/h2-4,8,11H,5-7,15H2,1H3. The summed E-state index contributed by atoms with van der Waals surface area (Å²) in [6.07, 6.45) is 1.84. The van der Waals surface area contributed by atoms with Crippen LogP contribution in [0.15, 0.2) is 18.2 Å². The summed E-state index contributed by atoms with van der Waals surface area (Å²) in [4.78, 5) is 0. The van der Waals surface area contributed by atoms with Gasteiger partial charge in [-0.25, -0.2) is 4.39 Å². The summed E-state index contributed by atoms with van der Waals surface area (Å²) >= 11 is 1.91. The maximum atomic E-state index is 13.2. The fraction of sp³-hybridized carbons (Fsp3) is 0.538. The molecule has 0 amide bonds. The summed E-state index contributed by atoms with van der Waals surface area (Å²) in [5.41, 5.74) is 6.94. The van der Waals surface area contributed by atoms with Crippen LogP contribution in [0.2, 0.25) is 0 Å². The average Bonchev–Trinajstić information content (AvgIpc) is 2.58. The molecule has 0 bridgehead atoms. The van der Waals surface area contributed by atoms with Gasteiger partial charge in [0.25, 0.3) is 0 Å². The van der Waals surface area contributed by atoms with Crippen molar-refractivity contribution in [3.8, 4) is 5.75 Å². The molecule has 3 atom stereocenters. The predicted molar refractivity (Wildman–Crippen MR) is 67.8 cm³/mol. The molecule has 0 aromatic heterocycles. The van der Waals surface area contributed by atoms with E-state index in [0.717, 1.165) is 24.2 Å². The van der Waals surface area contributed by atoms with Gasteiger partial charge in [-0.1, -0.05) is 13.0 Å². The molecule has 2 N–H and O–H groups in total. The van der Waals surface area contributed by atoms with Crippen LogP contribution in [0.3, 0.4) is 0 Å². The van der Waals surface area contributed by atoms with Gasteiger partial charge in [-0.05, 0) is 12.5 Å². The molecule has 0 saturated carbocycles. The Balaban J connectivity index is 1.97. The third kappa shape index (κ3) is 1.93. The van der Waals surface area contributed by atoms with Gasteiger partial charge >= 0.3 is 0 Å². The number of ether oxygens (including phenoxy) is 1. The van der Waals surface area contributed by atoms with E-state index in [9.17, 15) is 4.39 Å². The van der Waals surface area contributed by atoms with E-state index in [2.05, 4.69) is 6.92 Å². The Morgan fingerprint density at radius 1 is 1.47 bits per heavy atom. The smallest absolute Gasteiger partial charge is 0.127 e. The van der Waals surface area contributed by atoms with Gasteiger partial charge in [-0.2, -0.15) is 11.8 Å². The number of benzene rings is 1. The van der Waals surface area contributed by atoms with Gasteiger partial charge in [0.2, 0.25) is 0 Å². The quantitative estimate of drug-likeness (QED) is 0.772. The molecule has 0 aliphatic carbocycles. The first-order valence-electron chi connectivity index (χ1n) is 5.94. The molecule has 2 nitrogen and oxygen atoms in total. The monoisotopic (exact) mass is 253 g/mol. The van der Waals surface area contributed by atoms with E-state index >= 15 is 0 Å². The Bertz CT molecular complexity index is 453. The molecule has 0 radical (unpaired) electrons. The molecular formula is C13H16FNOS. The highest BCUT2D eigenvalue weighted by Gasteiger charge is 2.45. The van der Waals surface area contributed by atoms with Crippen LogP contribution < -0.4 is 10.5 Å². The lowest BCUT2D eigenvalue weighted by Crippen LogP contribution is -2.43. The van der Waals surface area contributed by atoms with Crippen molar-refractivity contribution < 1.29 is 9.13 Å². The van der Waals surface area contributed by atoms with Gasteiger partial charge in [0.05, 0.1) is 0 Å². The molecule has 1 fully saturated rings. The highest BCUT2D eigenvalue weighted by atomic mass is 32.2. The summed E-state index contributed by atoms with van der Waals surface area (Å²) in [6, 6.07) is 4.62. The Kier molecular flexibility index (Phi) is 2.60. The second-order valence-electron chi connectivity index (χ2n) is 5.10. The van der Waals surface area contributed by atoms with Crippen molar-refractivity contribution >= 4 is 11.8 Å². The van der Waals surface area contributed by atoms with E-state index < -0.39 is 0 Å². The van der Waals surface area contributed by atoms with Gasteiger partial charge in [0, 0.05) is 35.1 Å². The molecule has 2 aliphatic heterocycles. The number of hydrogen-bond donors (Lipinski definition) is 1. The van der Waals surface area contributed by atoms with Crippen LogP contribution in [0.5, 0.6) is 5.75 Å². The lowest BCUT2D eigenvalue weighted by Gasteiger charge is -2.38. The fourth-order valence-electron chi connectivity index (χ4n) is 2.84. The molecule has 1 aromatic carbocycles. The van der Waals surface area contributed by atoms with Crippen LogP contribution >= 0.6 is 11.8 Å². The maximum Gasteiger partial charge on any atom is 0.127 e. The molecule has 1 aromatic rings. The predicted octanol–water partition coefficient (Wildman–Crippen LogP) is 2.87. The minimum Gasteiger partial charge on any atom is -0.486 e. The molecule has 1 spiro atoms. The summed E-state index contributed by atoms with van der Waals surface area (Å²) in [6.45, 7) is 2.20. The first-order chi connectivity index (χ1) is 8.08. The van der Waals surface area contributed by atoms with Crippen molar-refractivity contribution in [1.29, 1.82) is 0 Å². The molecule has 2 aliphatic rings. The zero-order valence-corrected chi connectivity index (χ0v) is 10.6. The van der Waals surface area contributed by atoms with Crippen LogP contribution in [-0.2, 0) is 0 Å². The van der Waals surface area contributed by atoms with E-state index in [1.54, 1.807) is 6.07 Å². The van der Waals surface area contributed by atoms with Crippen molar-refractivity contribution in [3.63, 3.8) is 0 Å². The third-order valence-electron chi connectivity index (χ3n) is 3.58. The molecular weight excluding hydrogens is 237 g/mol. The first kappa shape index (κ1) is 11.4. The summed E-state index contributed by atoms with van der Waals surface area (Å²) in [5, 5.41) is 0.595. The van der Waals surface area contributed by atoms with Crippen LogP contribution in [0.1, 0.15) is 31.4 Å². The second-order valence-corrected chi connectivity index (χ2v) is 6.53. The summed E-state index contributed by atoms with van der Waals surface area (Å²) in [5.74, 6) is 1.34. The van der Waals surface area contributed by atoms with Crippen LogP contribution in [-0.4, -0.2) is 16.6 Å². The fourth-order valence-corrected chi connectivity index (χ4v) is 4.14.